The zero-order valence-electron chi connectivity index (χ0n) is 9.69. The number of ether oxygens (including phenoxy) is 1. The molecule has 0 radical (unpaired) electrons. The molecule has 1 fully saturated rings. The molecule has 0 bridgehead atoms. The highest BCUT2D eigenvalue weighted by atomic mass is 16.5. The molecule has 0 aromatic rings. The normalized spacial score (nSPS) is 21.8. The van der Waals surface area contributed by atoms with Crippen LogP contribution in [0.5, 0.6) is 0 Å². The first kappa shape index (κ1) is 12.9. The van der Waals surface area contributed by atoms with Crippen LogP contribution in [-0.4, -0.2) is 35.6 Å². The van der Waals surface area contributed by atoms with Crippen LogP contribution in [0.4, 0.5) is 0 Å². The quantitative estimate of drug-likeness (QED) is 0.681. The molecule has 0 aromatic carbocycles. The van der Waals surface area contributed by atoms with Crippen molar-refractivity contribution in [2.24, 2.45) is 5.92 Å². The number of aliphatic hydroxyl groups is 2. The number of hydrogen-bond donors (Lipinski definition) is 2. The maximum Gasteiger partial charge on any atom is 0.0774 e. The van der Waals surface area contributed by atoms with Gasteiger partial charge in [0.1, 0.15) is 0 Å². The van der Waals surface area contributed by atoms with Gasteiger partial charge in [0.05, 0.1) is 18.8 Å². The van der Waals surface area contributed by atoms with Crippen LogP contribution in [-0.2, 0) is 4.74 Å². The van der Waals surface area contributed by atoms with Crippen LogP contribution in [0.15, 0.2) is 0 Å². The van der Waals surface area contributed by atoms with Crippen LogP contribution in [0.25, 0.3) is 0 Å². The second-order valence-corrected chi connectivity index (χ2v) is 4.50. The highest BCUT2D eigenvalue weighted by Crippen LogP contribution is 2.29. The predicted octanol–water partition coefficient (Wildman–Crippen LogP) is 1.72. The average Bonchev–Trinajstić information content (AvgIpc) is 2.76. The Morgan fingerprint density at radius 2 is 1.87 bits per heavy atom. The van der Waals surface area contributed by atoms with Gasteiger partial charge in [-0.3, -0.25) is 0 Å². The summed E-state index contributed by atoms with van der Waals surface area (Å²) in [6, 6.07) is 0. The Labute approximate surface area is 92.4 Å². The van der Waals surface area contributed by atoms with E-state index in [1.54, 1.807) is 0 Å². The Balaban J connectivity index is 2.07. The molecule has 15 heavy (non-hydrogen) atoms. The molecule has 90 valence electrons. The molecule has 0 heterocycles. The van der Waals surface area contributed by atoms with Crippen LogP contribution in [0.2, 0.25) is 0 Å². The van der Waals surface area contributed by atoms with E-state index in [2.05, 4.69) is 0 Å². The molecule has 1 aliphatic carbocycles. The maximum absolute atomic E-state index is 9.87. The summed E-state index contributed by atoms with van der Waals surface area (Å²) in [6.07, 6.45) is 5.54. The van der Waals surface area contributed by atoms with E-state index in [1.807, 2.05) is 6.92 Å². The maximum atomic E-state index is 9.87. The molecule has 2 N–H and O–H groups in total. The van der Waals surface area contributed by atoms with Gasteiger partial charge in [0.2, 0.25) is 0 Å². The SMILES string of the molecule is CCOCC(O)CCC(O)C1CCCC1. The third-order valence-corrected chi connectivity index (χ3v) is 3.25. The van der Waals surface area contributed by atoms with E-state index in [4.69, 9.17) is 4.74 Å². The molecular formula is C12H24O3. The smallest absolute Gasteiger partial charge is 0.0774 e. The van der Waals surface area contributed by atoms with Crippen LogP contribution in [0, 0.1) is 5.92 Å². The third-order valence-electron chi connectivity index (χ3n) is 3.25. The zero-order valence-corrected chi connectivity index (χ0v) is 9.69. The van der Waals surface area contributed by atoms with Crippen LogP contribution >= 0.6 is 0 Å². The second kappa shape index (κ2) is 7.20. The Morgan fingerprint density at radius 1 is 1.20 bits per heavy atom. The highest BCUT2D eigenvalue weighted by molar-refractivity contribution is 4.75. The van der Waals surface area contributed by atoms with Gasteiger partial charge in [-0.1, -0.05) is 12.8 Å². The van der Waals surface area contributed by atoms with Crippen molar-refractivity contribution < 1.29 is 14.9 Å². The van der Waals surface area contributed by atoms with Crippen LogP contribution < -0.4 is 0 Å². The lowest BCUT2D eigenvalue weighted by atomic mass is 9.96. The van der Waals surface area contributed by atoms with Crippen molar-refractivity contribution in [2.75, 3.05) is 13.2 Å². The van der Waals surface area contributed by atoms with Gasteiger partial charge in [0.15, 0.2) is 0 Å². The number of aliphatic hydroxyl groups excluding tert-OH is 2. The molecule has 0 saturated heterocycles. The van der Waals surface area contributed by atoms with Gasteiger partial charge in [-0.2, -0.15) is 0 Å². The summed E-state index contributed by atoms with van der Waals surface area (Å²) in [5.74, 6) is 0.476. The van der Waals surface area contributed by atoms with Gasteiger partial charge in [-0.15, -0.1) is 0 Å². The van der Waals surface area contributed by atoms with Crippen LogP contribution in [0.1, 0.15) is 45.4 Å². The van der Waals surface area contributed by atoms with Gasteiger partial charge < -0.3 is 14.9 Å². The van der Waals surface area contributed by atoms with E-state index in [9.17, 15) is 10.2 Å². The lowest BCUT2D eigenvalue weighted by molar-refractivity contribution is 0.0217. The summed E-state index contributed by atoms with van der Waals surface area (Å²) in [4.78, 5) is 0. The summed E-state index contributed by atoms with van der Waals surface area (Å²) in [6.45, 7) is 2.95. The minimum Gasteiger partial charge on any atom is -0.393 e. The fourth-order valence-corrected chi connectivity index (χ4v) is 2.28. The Hall–Kier alpha value is -0.120. The molecule has 1 rings (SSSR count). The van der Waals surface area contributed by atoms with Crippen molar-refractivity contribution in [2.45, 2.75) is 57.7 Å². The molecule has 2 atom stereocenters. The second-order valence-electron chi connectivity index (χ2n) is 4.50. The molecule has 1 aliphatic rings. The van der Waals surface area contributed by atoms with Crippen molar-refractivity contribution in [3.8, 4) is 0 Å². The summed E-state index contributed by atoms with van der Waals surface area (Å²) >= 11 is 0. The minimum atomic E-state index is -0.416. The van der Waals surface area contributed by atoms with Crippen molar-refractivity contribution in [3.63, 3.8) is 0 Å². The van der Waals surface area contributed by atoms with Crippen molar-refractivity contribution in [1.82, 2.24) is 0 Å². The van der Waals surface area contributed by atoms with Gasteiger partial charge in [-0.25, -0.2) is 0 Å². The van der Waals surface area contributed by atoms with E-state index < -0.39 is 6.10 Å². The molecule has 1 saturated carbocycles. The predicted molar refractivity (Wildman–Crippen MR) is 59.7 cm³/mol. The lowest BCUT2D eigenvalue weighted by Crippen LogP contribution is -2.22. The summed E-state index contributed by atoms with van der Waals surface area (Å²) in [5.41, 5.74) is 0. The van der Waals surface area contributed by atoms with Gasteiger partial charge in [0, 0.05) is 6.61 Å². The van der Waals surface area contributed by atoms with E-state index in [1.165, 1.54) is 12.8 Å². The van der Waals surface area contributed by atoms with E-state index in [0.29, 0.717) is 32.0 Å². The zero-order chi connectivity index (χ0) is 11.1. The average molecular weight is 216 g/mol. The van der Waals surface area contributed by atoms with Gasteiger partial charge in [0.25, 0.3) is 0 Å². The fourth-order valence-electron chi connectivity index (χ4n) is 2.28. The minimum absolute atomic E-state index is 0.219. The van der Waals surface area contributed by atoms with Crippen molar-refractivity contribution in [1.29, 1.82) is 0 Å². The standard InChI is InChI=1S/C12H24O3/c1-2-15-9-11(13)7-8-12(14)10-5-3-4-6-10/h10-14H,2-9H2,1H3. The molecular weight excluding hydrogens is 192 g/mol. The Kier molecular flexibility index (Phi) is 6.22. The molecule has 0 aliphatic heterocycles. The molecule has 2 unspecified atom stereocenters. The van der Waals surface area contributed by atoms with E-state index in [-0.39, 0.29) is 6.10 Å². The number of rotatable bonds is 7. The number of hydrogen-bond acceptors (Lipinski definition) is 3. The van der Waals surface area contributed by atoms with Crippen LogP contribution in [0.3, 0.4) is 0 Å². The van der Waals surface area contributed by atoms with Crippen molar-refractivity contribution >= 4 is 0 Å². The molecule has 0 spiro atoms. The highest BCUT2D eigenvalue weighted by Gasteiger charge is 2.23. The topological polar surface area (TPSA) is 49.7 Å². The van der Waals surface area contributed by atoms with Gasteiger partial charge in [-0.05, 0) is 38.5 Å². The monoisotopic (exact) mass is 216 g/mol. The first-order valence-corrected chi connectivity index (χ1v) is 6.18. The Morgan fingerprint density at radius 3 is 2.47 bits per heavy atom. The molecule has 0 amide bonds. The van der Waals surface area contributed by atoms with E-state index >= 15 is 0 Å². The summed E-state index contributed by atoms with van der Waals surface area (Å²) in [7, 11) is 0. The summed E-state index contributed by atoms with van der Waals surface area (Å²) < 4.78 is 5.12. The Bertz CT molecular complexity index is 155. The lowest BCUT2D eigenvalue weighted by Gasteiger charge is -2.19. The van der Waals surface area contributed by atoms with E-state index in [0.717, 1.165) is 12.8 Å². The first-order chi connectivity index (χ1) is 7.24. The molecule has 3 heteroatoms. The molecule has 0 aromatic heterocycles. The fraction of sp³-hybridized carbons (Fsp3) is 1.00. The summed E-state index contributed by atoms with van der Waals surface area (Å²) in [5, 5.41) is 19.4. The largest absolute Gasteiger partial charge is 0.393 e. The van der Waals surface area contributed by atoms with Gasteiger partial charge >= 0.3 is 0 Å². The third kappa shape index (κ3) is 4.96. The molecule has 3 nitrogen and oxygen atoms in total. The first-order valence-electron chi connectivity index (χ1n) is 6.18. The van der Waals surface area contributed by atoms with Crippen molar-refractivity contribution in [3.05, 3.63) is 0 Å².